The van der Waals surface area contributed by atoms with E-state index in [2.05, 4.69) is 21.6 Å². The van der Waals surface area contributed by atoms with Crippen molar-refractivity contribution in [2.24, 2.45) is 0 Å². The summed E-state index contributed by atoms with van der Waals surface area (Å²) >= 11 is 1.13. The number of hydrogen-bond donors (Lipinski definition) is 1. The lowest BCUT2D eigenvalue weighted by Gasteiger charge is -2.21. The van der Waals surface area contributed by atoms with E-state index in [0.717, 1.165) is 24.6 Å². The van der Waals surface area contributed by atoms with Crippen LogP contribution in [0.3, 0.4) is 0 Å². The Morgan fingerprint density at radius 1 is 1.26 bits per heavy atom. The Labute approximate surface area is 161 Å². The largest absolute Gasteiger partial charge is 0.497 e. The Bertz CT molecular complexity index is 833. The molecule has 8 nitrogen and oxygen atoms in total. The average molecular weight is 388 g/mol. The van der Waals surface area contributed by atoms with Gasteiger partial charge in [0.2, 0.25) is 11.8 Å². The van der Waals surface area contributed by atoms with Crippen LogP contribution in [-0.4, -0.2) is 41.6 Å². The number of benzene rings is 1. The van der Waals surface area contributed by atoms with Gasteiger partial charge < -0.3 is 19.2 Å². The van der Waals surface area contributed by atoms with E-state index in [0.29, 0.717) is 35.8 Å². The molecule has 1 aliphatic rings. The number of carbonyl (C=O) groups excluding carboxylic acids is 1. The molecule has 1 fully saturated rings. The summed E-state index contributed by atoms with van der Waals surface area (Å²) in [5.74, 6) is 1.40. The fraction of sp³-hybridized carbons (Fsp3) is 0.444. The summed E-state index contributed by atoms with van der Waals surface area (Å²) in [6, 6.07) is 7.50. The molecule has 1 amide bonds. The maximum absolute atomic E-state index is 12.2. The standard InChI is InChI=1S/C18H20N4O4S/c1-24-13-7-12(8-14(9-13)25-2)16-21-22-17(26-16)27-10-15(23)20-18(11-19)5-3-4-6-18/h7-9H,3-6,10H2,1-2H3,(H,20,23). The number of nitrogens with one attached hydrogen (secondary N) is 1. The molecule has 0 saturated heterocycles. The molecule has 0 aliphatic heterocycles. The lowest BCUT2D eigenvalue weighted by molar-refractivity contribution is -0.119. The van der Waals surface area contributed by atoms with Gasteiger partial charge in [0.1, 0.15) is 17.0 Å². The van der Waals surface area contributed by atoms with Crippen LogP contribution in [0.25, 0.3) is 11.5 Å². The summed E-state index contributed by atoms with van der Waals surface area (Å²) in [4.78, 5) is 12.2. The van der Waals surface area contributed by atoms with E-state index in [1.807, 2.05) is 0 Å². The van der Waals surface area contributed by atoms with Gasteiger partial charge >= 0.3 is 0 Å². The molecule has 0 bridgehead atoms. The molecule has 1 saturated carbocycles. The Morgan fingerprint density at radius 3 is 2.52 bits per heavy atom. The molecular formula is C18H20N4O4S. The maximum Gasteiger partial charge on any atom is 0.277 e. The van der Waals surface area contributed by atoms with Crippen LogP contribution in [-0.2, 0) is 4.79 Å². The molecule has 0 radical (unpaired) electrons. The monoisotopic (exact) mass is 388 g/mol. The van der Waals surface area contributed by atoms with Crippen LogP contribution in [0.15, 0.2) is 27.8 Å². The molecule has 0 spiro atoms. The van der Waals surface area contributed by atoms with Gasteiger partial charge in [-0.2, -0.15) is 5.26 Å². The zero-order valence-corrected chi connectivity index (χ0v) is 16.0. The van der Waals surface area contributed by atoms with Crippen molar-refractivity contribution in [3.05, 3.63) is 18.2 Å². The molecule has 9 heteroatoms. The van der Waals surface area contributed by atoms with Crippen LogP contribution in [0.4, 0.5) is 0 Å². The van der Waals surface area contributed by atoms with E-state index >= 15 is 0 Å². The van der Waals surface area contributed by atoms with Gasteiger partial charge in [0.15, 0.2) is 0 Å². The molecule has 27 heavy (non-hydrogen) atoms. The highest BCUT2D eigenvalue weighted by Gasteiger charge is 2.35. The van der Waals surface area contributed by atoms with Crippen molar-refractivity contribution in [2.75, 3.05) is 20.0 Å². The molecule has 1 heterocycles. The summed E-state index contributed by atoms with van der Waals surface area (Å²) < 4.78 is 16.1. The van der Waals surface area contributed by atoms with Crippen molar-refractivity contribution >= 4 is 17.7 Å². The molecule has 1 aromatic carbocycles. The van der Waals surface area contributed by atoms with Crippen molar-refractivity contribution in [3.8, 4) is 29.0 Å². The van der Waals surface area contributed by atoms with Crippen molar-refractivity contribution in [1.82, 2.24) is 15.5 Å². The number of rotatable bonds is 7. The first-order chi connectivity index (χ1) is 13.1. The highest BCUT2D eigenvalue weighted by molar-refractivity contribution is 7.99. The second-order valence-electron chi connectivity index (χ2n) is 6.21. The van der Waals surface area contributed by atoms with Gasteiger partial charge in [-0.1, -0.05) is 11.8 Å². The number of nitriles is 1. The van der Waals surface area contributed by atoms with Crippen molar-refractivity contribution in [1.29, 1.82) is 5.26 Å². The number of aromatic nitrogens is 2. The smallest absolute Gasteiger partial charge is 0.277 e. The van der Waals surface area contributed by atoms with Crippen LogP contribution < -0.4 is 14.8 Å². The van der Waals surface area contributed by atoms with Crippen molar-refractivity contribution in [2.45, 2.75) is 36.4 Å². The normalized spacial score (nSPS) is 15.1. The Kier molecular flexibility index (Phi) is 5.86. The predicted octanol–water partition coefficient (Wildman–Crippen LogP) is 2.80. The SMILES string of the molecule is COc1cc(OC)cc(-c2nnc(SCC(=O)NC3(C#N)CCCC3)o2)c1. The number of hydrogen-bond acceptors (Lipinski definition) is 8. The number of ether oxygens (including phenoxy) is 2. The van der Waals surface area contributed by atoms with E-state index in [4.69, 9.17) is 13.9 Å². The lowest BCUT2D eigenvalue weighted by Crippen LogP contribution is -2.45. The van der Waals surface area contributed by atoms with Crippen molar-refractivity contribution < 1.29 is 18.7 Å². The fourth-order valence-electron chi connectivity index (χ4n) is 2.99. The van der Waals surface area contributed by atoms with Gasteiger partial charge in [-0.05, 0) is 37.8 Å². The first-order valence-corrected chi connectivity index (χ1v) is 9.48. The van der Waals surface area contributed by atoms with E-state index in [1.54, 1.807) is 32.4 Å². The van der Waals surface area contributed by atoms with Crippen LogP contribution in [0.1, 0.15) is 25.7 Å². The Hall–Kier alpha value is -2.73. The van der Waals surface area contributed by atoms with Crippen LogP contribution >= 0.6 is 11.8 Å². The number of methoxy groups -OCH3 is 2. The van der Waals surface area contributed by atoms with Crippen LogP contribution in [0.2, 0.25) is 0 Å². The van der Waals surface area contributed by atoms with Gasteiger partial charge in [0.05, 0.1) is 26.0 Å². The first-order valence-electron chi connectivity index (χ1n) is 8.49. The quantitative estimate of drug-likeness (QED) is 0.721. The summed E-state index contributed by atoms with van der Waals surface area (Å²) in [5.41, 5.74) is -0.0705. The van der Waals surface area contributed by atoms with Crippen LogP contribution in [0, 0.1) is 11.3 Å². The molecular weight excluding hydrogens is 368 g/mol. The van der Waals surface area contributed by atoms with E-state index in [-0.39, 0.29) is 16.9 Å². The molecule has 1 aromatic heterocycles. The minimum Gasteiger partial charge on any atom is -0.497 e. The molecule has 1 N–H and O–H groups in total. The van der Waals surface area contributed by atoms with Gasteiger partial charge in [-0.15, -0.1) is 10.2 Å². The van der Waals surface area contributed by atoms with E-state index < -0.39 is 5.54 Å². The fourth-order valence-corrected chi connectivity index (χ4v) is 3.55. The number of carbonyl (C=O) groups is 1. The second kappa shape index (κ2) is 8.31. The summed E-state index contributed by atoms with van der Waals surface area (Å²) in [5, 5.41) is 20.4. The molecule has 3 rings (SSSR count). The molecule has 1 aliphatic carbocycles. The number of amides is 1. The topological polar surface area (TPSA) is 110 Å². The highest BCUT2D eigenvalue weighted by atomic mass is 32.2. The van der Waals surface area contributed by atoms with Crippen LogP contribution in [0.5, 0.6) is 11.5 Å². The van der Waals surface area contributed by atoms with Gasteiger partial charge in [-0.3, -0.25) is 4.79 Å². The summed E-state index contributed by atoms with van der Waals surface area (Å²) in [6.45, 7) is 0. The average Bonchev–Trinajstić information content (AvgIpc) is 3.36. The number of nitrogens with zero attached hydrogens (tertiary/aromatic N) is 3. The maximum atomic E-state index is 12.2. The lowest BCUT2D eigenvalue weighted by atomic mass is 10.0. The molecule has 0 unspecified atom stereocenters. The second-order valence-corrected chi connectivity index (χ2v) is 7.14. The van der Waals surface area contributed by atoms with Gasteiger partial charge in [0.25, 0.3) is 5.22 Å². The molecule has 0 atom stereocenters. The zero-order chi connectivity index (χ0) is 19.3. The van der Waals surface area contributed by atoms with E-state index in [9.17, 15) is 10.1 Å². The minimum atomic E-state index is -0.727. The number of thioether (sulfide) groups is 1. The molecule has 2 aromatic rings. The zero-order valence-electron chi connectivity index (χ0n) is 15.2. The van der Waals surface area contributed by atoms with Crippen molar-refractivity contribution in [3.63, 3.8) is 0 Å². The minimum absolute atomic E-state index is 0.104. The Morgan fingerprint density at radius 2 is 1.93 bits per heavy atom. The third kappa shape index (κ3) is 4.52. The summed E-state index contributed by atoms with van der Waals surface area (Å²) in [7, 11) is 3.12. The van der Waals surface area contributed by atoms with Gasteiger partial charge in [-0.25, -0.2) is 0 Å². The third-order valence-corrected chi connectivity index (χ3v) is 5.20. The predicted molar refractivity (Wildman–Crippen MR) is 98.5 cm³/mol. The Balaban J connectivity index is 1.63. The summed E-state index contributed by atoms with van der Waals surface area (Å²) in [6.07, 6.45) is 3.31. The highest BCUT2D eigenvalue weighted by Crippen LogP contribution is 2.31. The van der Waals surface area contributed by atoms with Gasteiger partial charge in [0, 0.05) is 11.6 Å². The molecule has 142 valence electrons. The third-order valence-electron chi connectivity index (χ3n) is 4.38. The van der Waals surface area contributed by atoms with E-state index in [1.165, 1.54) is 0 Å². The first kappa shape index (κ1) is 19.0.